The average molecular weight is 441 g/mol. The number of aliphatic carboxylic acids is 2. The highest BCUT2D eigenvalue weighted by molar-refractivity contribution is 5.96. The van der Waals surface area contributed by atoms with Crippen LogP contribution in [0, 0.1) is 0 Å². The van der Waals surface area contributed by atoms with Crippen LogP contribution in [-0.4, -0.2) is 48.6 Å². The molecule has 32 heavy (non-hydrogen) atoms. The second-order valence-electron chi connectivity index (χ2n) is 7.37. The number of fused-ring (bicyclic) bond motifs is 1. The summed E-state index contributed by atoms with van der Waals surface area (Å²) in [5.41, 5.74) is 7.90. The molecule has 11 heteroatoms. The van der Waals surface area contributed by atoms with E-state index in [2.05, 4.69) is 15.3 Å². The maximum atomic E-state index is 12.3. The third-order valence-corrected chi connectivity index (χ3v) is 5.20. The Balaban J connectivity index is 1.66. The zero-order valence-corrected chi connectivity index (χ0v) is 17.3. The third kappa shape index (κ3) is 4.94. The standard InChI is InChI=1S/C21H23N5O6/c1-26-17-16(19(30)25-21(26)22)13(10-23-17)7-4-11-2-5-12(6-3-11)18(29)24-14(20(31)32)8-9-15(27)28/h2-3,5-6,10,14,23H,4,7-9H2,1H3,(H,24,29)(H,27,28)(H,31,32)(H2,22,25,30). The van der Waals surface area contributed by atoms with Crippen molar-refractivity contribution in [1.29, 1.82) is 0 Å². The molecule has 0 radical (unpaired) electrons. The van der Waals surface area contributed by atoms with Crippen LogP contribution >= 0.6 is 0 Å². The molecule has 6 N–H and O–H groups in total. The monoisotopic (exact) mass is 441 g/mol. The quantitative estimate of drug-likeness (QED) is 0.321. The Morgan fingerprint density at radius 2 is 1.88 bits per heavy atom. The number of amides is 1. The van der Waals surface area contributed by atoms with E-state index in [9.17, 15) is 19.2 Å². The van der Waals surface area contributed by atoms with Crippen LogP contribution in [0.25, 0.3) is 11.0 Å². The first kappa shape index (κ1) is 22.5. The van der Waals surface area contributed by atoms with Gasteiger partial charge in [-0.2, -0.15) is 4.98 Å². The van der Waals surface area contributed by atoms with Gasteiger partial charge in [-0.1, -0.05) is 12.1 Å². The number of benzene rings is 1. The summed E-state index contributed by atoms with van der Waals surface area (Å²) < 4.78 is 1.61. The van der Waals surface area contributed by atoms with Crippen molar-refractivity contribution in [3.05, 3.63) is 57.5 Å². The number of nitrogens with zero attached hydrogens (tertiary/aromatic N) is 2. The van der Waals surface area contributed by atoms with Crippen LogP contribution in [0.2, 0.25) is 0 Å². The molecular formula is C21H23N5O6. The van der Waals surface area contributed by atoms with E-state index in [1.807, 2.05) is 0 Å². The smallest absolute Gasteiger partial charge is 0.326 e. The summed E-state index contributed by atoms with van der Waals surface area (Å²) in [7, 11) is 1.71. The first-order valence-electron chi connectivity index (χ1n) is 9.84. The summed E-state index contributed by atoms with van der Waals surface area (Å²) in [6, 6.07) is 5.33. The van der Waals surface area contributed by atoms with Crippen LogP contribution in [0.4, 0.5) is 5.95 Å². The van der Waals surface area contributed by atoms with Crippen LogP contribution in [0.15, 0.2) is 35.3 Å². The fourth-order valence-electron chi connectivity index (χ4n) is 3.37. The topological polar surface area (TPSA) is 180 Å². The van der Waals surface area contributed by atoms with Crippen LogP contribution in [0.5, 0.6) is 0 Å². The minimum atomic E-state index is -1.29. The van der Waals surface area contributed by atoms with E-state index >= 15 is 0 Å². The minimum Gasteiger partial charge on any atom is -0.481 e. The number of aryl methyl sites for hydroxylation is 3. The Bertz CT molecular complexity index is 1230. The lowest BCUT2D eigenvalue weighted by atomic mass is 10.0. The van der Waals surface area contributed by atoms with Gasteiger partial charge in [0, 0.05) is 25.2 Å². The average Bonchev–Trinajstić information content (AvgIpc) is 3.18. The number of aromatic nitrogens is 3. The number of rotatable bonds is 9. The molecular weight excluding hydrogens is 418 g/mol. The third-order valence-electron chi connectivity index (χ3n) is 5.20. The van der Waals surface area contributed by atoms with Gasteiger partial charge in [0.25, 0.3) is 11.5 Å². The van der Waals surface area contributed by atoms with Gasteiger partial charge in [-0.3, -0.25) is 14.4 Å². The van der Waals surface area contributed by atoms with E-state index in [1.165, 1.54) is 0 Å². The van der Waals surface area contributed by atoms with E-state index in [0.717, 1.165) is 11.1 Å². The number of anilines is 1. The normalized spacial score (nSPS) is 11.9. The lowest BCUT2D eigenvalue weighted by molar-refractivity contribution is -0.140. The molecule has 0 spiro atoms. The summed E-state index contributed by atoms with van der Waals surface area (Å²) in [5.74, 6) is -2.91. The molecule has 0 fully saturated rings. The number of carbonyl (C=O) groups excluding carboxylic acids is 1. The molecule has 0 bridgehead atoms. The molecule has 2 aromatic heterocycles. The predicted molar refractivity (Wildman–Crippen MR) is 115 cm³/mol. The first-order chi connectivity index (χ1) is 15.2. The van der Waals surface area contributed by atoms with Crippen molar-refractivity contribution in [2.45, 2.75) is 31.7 Å². The number of nitrogens with one attached hydrogen (secondary N) is 2. The van der Waals surface area contributed by atoms with E-state index in [1.54, 1.807) is 42.1 Å². The van der Waals surface area contributed by atoms with Crippen LogP contribution < -0.4 is 16.6 Å². The second kappa shape index (κ2) is 9.33. The van der Waals surface area contributed by atoms with Gasteiger partial charge >= 0.3 is 11.9 Å². The second-order valence-corrected chi connectivity index (χ2v) is 7.37. The molecule has 0 aliphatic carbocycles. The molecule has 0 aliphatic rings. The number of carboxylic acid groups (broad SMARTS) is 2. The van der Waals surface area contributed by atoms with Crippen molar-refractivity contribution < 1.29 is 24.6 Å². The Kier molecular flexibility index (Phi) is 6.57. The molecule has 0 saturated heterocycles. The SMILES string of the molecule is Cn1c(N)nc(=O)c2c(CCc3ccc(C(=O)NC(CCC(=O)O)C(=O)O)cc3)c[nH]c21. The van der Waals surface area contributed by atoms with Gasteiger partial charge in [0.15, 0.2) is 0 Å². The van der Waals surface area contributed by atoms with Gasteiger partial charge < -0.3 is 30.8 Å². The molecule has 0 saturated carbocycles. The number of H-pyrrole nitrogens is 1. The fourth-order valence-corrected chi connectivity index (χ4v) is 3.37. The maximum absolute atomic E-state index is 12.3. The zero-order valence-electron chi connectivity index (χ0n) is 17.3. The summed E-state index contributed by atoms with van der Waals surface area (Å²) >= 11 is 0. The number of hydrogen-bond acceptors (Lipinski definition) is 6. The number of carboxylic acids is 2. The van der Waals surface area contributed by atoms with Crippen molar-refractivity contribution in [3.8, 4) is 0 Å². The number of carbonyl (C=O) groups is 3. The molecule has 1 unspecified atom stereocenters. The molecule has 168 valence electrons. The van der Waals surface area contributed by atoms with Gasteiger partial charge in [0.05, 0.1) is 5.39 Å². The Labute approximate surface area is 181 Å². The maximum Gasteiger partial charge on any atom is 0.326 e. The molecule has 1 atom stereocenters. The highest BCUT2D eigenvalue weighted by Crippen LogP contribution is 2.17. The van der Waals surface area contributed by atoms with Gasteiger partial charge in [-0.25, -0.2) is 4.79 Å². The molecule has 11 nitrogen and oxygen atoms in total. The van der Waals surface area contributed by atoms with E-state index in [4.69, 9.17) is 15.9 Å². The highest BCUT2D eigenvalue weighted by atomic mass is 16.4. The van der Waals surface area contributed by atoms with Crippen LogP contribution in [0.1, 0.15) is 34.3 Å². The first-order valence-corrected chi connectivity index (χ1v) is 9.84. The lowest BCUT2D eigenvalue weighted by Crippen LogP contribution is -2.41. The Hall–Kier alpha value is -4.15. The van der Waals surface area contributed by atoms with Crippen molar-refractivity contribution in [1.82, 2.24) is 19.9 Å². The Morgan fingerprint density at radius 1 is 1.19 bits per heavy atom. The van der Waals surface area contributed by atoms with Gasteiger partial charge in [0.2, 0.25) is 5.95 Å². The summed E-state index contributed by atoms with van der Waals surface area (Å²) in [6.45, 7) is 0. The van der Waals surface area contributed by atoms with Gasteiger partial charge in [-0.05, 0) is 42.5 Å². The minimum absolute atomic E-state index is 0.123. The number of nitrogens with two attached hydrogens (primary N) is 1. The molecule has 0 aliphatic heterocycles. The largest absolute Gasteiger partial charge is 0.481 e. The number of nitrogen functional groups attached to an aromatic ring is 1. The Morgan fingerprint density at radius 3 is 2.50 bits per heavy atom. The zero-order chi connectivity index (χ0) is 23.4. The lowest BCUT2D eigenvalue weighted by Gasteiger charge is -2.13. The molecule has 1 amide bonds. The van der Waals surface area contributed by atoms with Crippen LogP contribution in [0.3, 0.4) is 0 Å². The summed E-state index contributed by atoms with van der Waals surface area (Å²) in [5, 5.41) is 20.7. The molecule has 2 heterocycles. The van der Waals surface area contributed by atoms with Crippen molar-refractivity contribution in [2.24, 2.45) is 7.05 Å². The van der Waals surface area contributed by atoms with Crippen molar-refractivity contribution >= 4 is 34.8 Å². The number of hydrogen-bond donors (Lipinski definition) is 5. The van der Waals surface area contributed by atoms with E-state index in [-0.39, 0.29) is 24.4 Å². The molecule has 3 aromatic rings. The molecule has 3 rings (SSSR count). The van der Waals surface area contributed by atoms with Crippen molar-refractivity contribution in [3.63, 3.8) is 0 Å². The highest BCUT2D eigenvalue weighted by Gasteiger charge is 2.21. The summed E-state index contributed by atoms with van der Waals surface area (Å²) in [4.78, 5) is 53.3. The van der Waals surface area contributed by atoms with E-state index in [0.29, 0.717) is 23.9 Å². The fraction of sp³-hybridized carbons (Fsp3) is 0.286. The number of aromatic amines is 1. The molecule has 1 aromatic carbocycles. The van der Waals surface area contributed by atoms with Crippen molar-refractivity contribution in [2.75, 3.05) is 5.73 Å². The predicted octanol–water partition coefficient (Wildman–Crippen LogP) is 0.677. The van der Waals surface area contributed by atoms with Gasteiger partial charge in [-0.15, -0.1) is 0 Å². The van der Waals surface area contributed by atoms with Crippen LogP contribution in [-0.2, 0) is 29.5 Å². The summed E-state index contributed by atoms with van der Waals surface area (Å²) in [6.07, 6.45) is 2.33. The van der Waals surface area contributed by atoms with E-state index < -0.39 is 29.4 Å². The van der Waals surface area contributed by atoms with Gasteiger partial charge in [0.1, 0.15) is 11.7 Å².